The third-order valence-electron chi connectivity index (χ3n) is 4.11. The molecule has 0 fully saturated rings. The first-order valence-electron chi connectivity index (χ1n) is 8.80. The van der Waals surface area contributed by atoms with Crippen LogP contribution in [0, 0.1) is 0 Å². The van der Waals surface area contributed by atoms with Crippen LogP contribution in [0.15, 0.2) is 53.9 Å². The van der Waals surface area contributed by atoms with Crippen molar-refractivity contribution in [3.8, 4) is 17.0 Å². The molecule has 3 rings (SSSR count). The summed E-state index contributed by atoms with van der Waals surface area (Å²) in [5, 5.41) is 8.07. The lowest BCUT2D eigenvalue weighted by molar-refractivity contribution is -0.118. The van der Waals surface area contributed by atoms with E-state index in [1.54, 1.807) is 31.4 Å². The number of benzene rings is 2. The zero-order chi connectivity index (χ0) is 19.9. The SMILES string of the molecule is COc1ccc(C(=O)Nc2nc(-c3ccc(CCNC(C)=O)cc3)cs2)cc1. The molecule has 0 bridgehead atoms. The summed E-state index contributed by atoms with van der Waals surface area (Å²) in [6.45, 7) is 2.13. The summed E-state index contributed by atoms with van der Waals surface area (Å²) in [5.74, 6) is 0.466. The number of rotatable bonds is 7. The van der Waals surface area contributed by atoms with E-state index >= 15 is 0 Å². The van der Waals surface area contributed by atoms with Gasteiger partial charge in [0.05, 0.1) is 12.8 Å². The molecule has 7 heteroatoms. The van der Waals surface area contributed by atoms with Crippen LogP contribution in [-0.2, 0) is 11.2 Å². The molecule has 0 radical (unpaired) electrons. The fraction of sp³-hybridized carbons (Fsp3) is 0.190. The first kappa shape index (κ1) is 19.6. The summed E-state index contributed by atoms with van der Waals surface area (Å²) in [7, 11) is 1.59. The largest absolute Gasteiger partial charge is 0.497 e. The third-order valence-corrected chi connectivity index (χ3v) is 4.87. The van der Waals surface area contributed by atoms with Crippen LogP contribution in [0.1, 0.15) is 22.8 Å². The van der Waals surface area contributed by atoms with Gasteiger partial charge in [0.1, 0.15) is 5.75 Å². The van der Waals surface area contributed by atoms with E-state index < -0.39 is 0 Å². The number of anilines is 1. The van der Waals surface area contributed by atoms with Crippen molar-refractivity contribution in [3.05, 3.63) is 65.0 Å². The van der Waals surface area contributed by atoms with Crippen LogP contribution in [0.2, 0.25) is 0 Å². The van der Waals surface area contributed by atoms with E-state index in [-0.39, 0.29) is 11.8 Å². The van der Waals surface area contributed by atoms with Crippen LogP contribution in [0.3, 0.4) is 0 Å². The van der Waals surface area contributed by atoms with E-state index in [1.807, 2.05) is 29.6 Å². The highest BCUT2D eigenvalue weighted by Gasteiger charge is 2.10. The maximum Gasteiger partial charge on any atom is 0.257 e. The zero-order valence-corrected chi connectivity index (χ0v) is 16.5. The lowest BCUT2D eigenvalue weighted by Gasteiger charge is -2.04. The Morgan fingerprint density at radius 1 is 1.07 bits per heavy atom. The van der Waals surface area contributed by atoms with Gasteiger partial charge in [-0.1, -0.05) is 24.3 Å². The van der Waals surface area contributed by atoms with E-state index in [9.17, 15) is 9.59 Å². The number of nitrogens with zero attached hydrogens (tertiary/aromatic N) is 1. The molecule has 1 aromatic heterocycles. The molecule has 0 saturated heterocycles. The summed E-state index contributed by atoms with van der Waals surface area (Å²) >= 11 is 1.38. The van der Waals surface area contributed by atoms with E-state index in [0.29, 0.717) is 23.0 Å². The Kier molecular flexibility index (Phi) is 6.39. The van der Waals surface area contributed by atoms with Gasteiger partial charge < -0.3 is 10.1 Å². The van der Waals surface area contributed by atoms with Crippen LogP contribution >= 0.6 is 11.3 Å². The molecule has 6 nitrogen and oxygen atoms in total. The second-order valence-electron chi connectivity index (χ2n) is 6.15. The van der Waals surface area contributed by atoms with Crippen molar-refractivity contribution in [1.82, 2.24) is 10.3 Å². The predicted molar refractivity (Wildman–Crippen MR) is 111 cm³/mol. The number of carbonyl (C=O) groups is 2. The summed E-state index contributed by atoms with van der Waals surface area (Å²) in [6, 6.07) is 14.9. The Balaban J connectivity index is 1.61. The number of carbonyl (C=O) groups excluding carboxylic acids is 2. The quantitative estimate of drug-likeness (QED) is 0.638. The zero-order valence-electron chi connectivity index (χ0n) is 15.7. The second-order valence-corrected chi connectivity index (χ2v) is 7.01. The van der Waals surface area contributed by atoms with Crippen molar-refractivity contribution in [2.45, 2.75) is 13.3 Å². The fourth-order valence-electron chi connectivity index (χ4n) is 2.60. The minimum Gasteiger partial charge on any atom is -0.497 e. The molecule has 28 heavy (non-hydrogen) atoms. The van der Waals surface area contributed by atoms with E-state index in [1.165, 1.54) is 18.3 Å². The second kappa shape index (κ2) is 9.14. The maximum absolute atomic E-state index is 12.3. The van der Waals surface area contributed by atoms with Gasteiger partial charge in [-0.15, -0.1) is 11.3 Å². The Morgan fingerprint density at radius 3 is 2.43 bits per heavy atom. The highest BCUT2D eigenvalue weighted by molar-refractivity contribution is 7.14. The van der Waals surface area contributed by atoms with Crippen LogP contribution in [0.25, 0.3) is 11.3 Å². The maximum atomic E-state index is 12.3. The summed E-state index contributed by atoms with van der Waals surface area (Å²) < 4.78 is 5.10. The van der Waals surface area contributed by atoms with Gasteiger partial charge in [-0.2, -0.15) is 0 Å². The lowest BCUT2D eigenvalue weighted by Crippen LogP contribution is -2.22. The first-order chi connectivity index (χ1) is 13.5. The fourth-order valence-corrected chi connectivity index (χ4v) is 3.32. The van der Waals surface area contributed by atoms with Gasteiger partial charge in [-0.3, -0.25) is 14.9 Å². The number of amides is 2. The van der Waals surface area contributed by atoms with Crippen LogP contribution in [0.4, 0.5) is 5.13 Å². The number of aromatic nitrogens is 1. The number of thiazole rings is 1. The van der Waals surface area contributed by atoms with Crippen molar-refractivity contribution in [1.29, 1.82) is 0 Å². The van der Waals surface area contributed by atoms with E-state index in [4.69, 9.17) is 4.74 Å². The van der Waals surface area contributed by atoms with Gasteiger partial charge in [0.25, 0.3) is 5.91 Å². The molecular formula is C21H21N3O3S. The van der Waals surface area contributed by atoms with Gasteiger partial charge in [-0.25, -0.2) is 4.98 Å². The van der Waals surface area contributed by atoms with Crippen molar-refractivity contribution in [2.75, 3.05) is 19.0 Å². The standard InChI is InChI=1S/C21H21N3O3S/c1-14(25)22-12-11-15-3-5-16(6-4-15)19-13-28-21(23-19)24-20(26)17-7-9-18(27-2)10-8-17/h3-10,13H,11-12H2,1-2H3,(H,22,25)(H,23,24,26). The van der Waals surface area contributed by atoms with Gasteiger partial charge in [0, 0.05) is 30.0 Å². The van der Waals surface area contributed by atoms with Gasteiger partial charge >= 0.3 is 0 Å². The summed E-state index contributed by atoms with van der Waals surface area (Å²) in [6.07, 6.45) is 0.778. The van der Waals surface area contributed by atoms with Crippen LogP contribution in [0.5, 0.6) is 5.75 Å². The van der Waals surface area contributed by atoms with Crippen molar-refractivity contribution in [3.63, 3.8) is 0 Å². The van der Waals surface area contributed by atoms with Gasteiger partial charge in [-0.05, 0) is 36.2 Å². The minimum atomic E-state index is -0.211. The van der Waals surface area contributed by atoms with Crippen LogP contribution < -0.4 is 15.4 Å². The number of hydrogen-bond donors (Lipinski definition) is 2. The molecule has 2 aromatic carbocycles. The molecular weight excluding hydrogens is 374 g/mol. The van der Waals surface area contributed by atoms with Gasteiger partial charge in [0.15, 0.2) is 5.13 Å². The Hall–Kier alpha value is -3.19. The molecule has 2 amide bonds. The molecule has 2 N–H and O–H groups in total. The summed E-state index contributed by atoms with van der Waals surface area (Å²) in [4.78, 5) is 27.8. The molecule has 0 unspecified atom stereocenters. The Bertz CT molecular complexity index is 950. The number of ether oxygens (including phenoxy) is 1. The highest BCUT2D eigenvalue weighted by Crippen LogP contribution is 2.25. The normalized spacial score (nSPS) is 10.4. The number of methoxy groups -OCH3 is 1. The monoisotopic (exact) mass is 395 g/mol. The van der Waals surface area contributed by atoms with Crippen LogP contribution in [-0.4, -0.2) is 30.5 Å². The average Bonchev–Trinajstić information content (AvgIpc) is 3.16. The van der Waals surface area contributed by atoms with Crippen molar-refractivity contribution < 1.29 is 14.3 Å². The smallest absolute Gasteiger partial charge is 0.257 e. The molecule has 144 valence electrons. The molecule has 1 heterocycles. The average molecular weight is 395 g/mol. The van der Waals surface area contributed by atoms with Crippen molar-refractivity contribution >= 4 is 28.3 Å². The van der Waals surface area contributed by atoms with E-state index in [2.05, 4.69) is 15.6 Å². The predicted octanol–water partition coefficient (Wildman–Crippen LogP) is 3.75. The Labute approximate surface area is 167 Å². The van der Waals surface area contributed by atoms with E-state index in [0.717, 1.165) is 23.2 Å². The summed E-state index contributed by atoms with van der Waals surface area (Å²) in [5.41, 5.74) is 3.47. The third kappa shape index (κ3) is 5.17. The number of hydrogen-bond acceptors (Lipinski definition) is 5. The molecule has 0 aliphatic rings. The molecule has 0 aliphatic heterocycles. The Morgan fingerprint density at radius 2 is 1.79 bits per heavy atom. The molecule has 0 saturated carbocycles. The lowest BCUT2D eigenvalue weighted by atomic mass is 10.1. The topological polar surface area (TPSA) is 80.3 Å². The minimum absolute atomic E-state index is 0.0247. The van der Waals surface area contributed by atoms with Gasteiger partial charge in [0.2, 0.25) is 5.91 Å². The van der Waals surface area contributed by atoms with Crippen molar-refractivity contribution in [2.24, 2.45) is 0 Å². The first-order valence-corrected chi connectivity index (χ1v) is 9.68. The highest BCUT2D eigenvalue weighted by atomic mass is 32.1. The molecule has 0 aliphatic carbocycles. The molecule has 0 atom stereocenters. The number of nitrogens with one attached hydrogen (secondary N) is 2. The molecule has 3 aromatic rings. The molecule has 0 spiro atoms.